The highest BCUT2D eigenvalue weighted by molar-refractivity contribution is 6.30. The predicted octanol–water partition coefficient (Wildman–Crippen LogP) is 2.27. The van der Waals surface area contributed by atoms with E-state index < -0.39 is 6.10 Å². The van der Waals surface area contributed by atoms with E-state index in [9.17, 15) is 4.79 Å². The molecule has 0 unspecified atom stereocenters. The van der Waals surface area contributed by atoms with Gasteiger partial charge in [0.05, 0.1) is 0 Å². The lowest BCUT2D eigenvalue weighted by molar-refractivity contribution is -0.140. The Kier molecular flexibility index (Phi) is 5.26. The zero-order valence-electron chi connectivity index (χ0n) is 12.0. The van der Waals surface area contributed by atoms with Gasteiger partial charge in [-0.3, -0.25) is 4.79 Å². The maximum atomic E-state index is 12.5. The minimum atomic E-state index is -0.433. The Bertz CT molecular complexity index is 459. The molecule has 1 saturated heterocycles. The van der Waals surface area contributed by atoms with Crippen LogP contribution < -0.4 is 4.74 Å². The molecule has 0 bridgehead atoms. The summed E-state index contributed by atoms with van der Waals surface area (Å²) in [5.41, 5.74) is 0. The topological polar surface area (TPSA) is 32.8 Å². The third kappa shape index (κ3) is 3.87. The molecule has 0 saturated carbocycles. The van der Waals surface area contributed by atoms with Crippen molar-refractivity contribution in [2.75, 3.05) is 33.2 Å². The number of hydrogen-bond acceptors (Lipinski definition) is 3. The van der Waals surface area contributed by atoms with E-state index in [1.807, 2.05) is 24.0 Å². The minimum Gasteiger partial charge on any atom is -0.481 e. The van der Waals surface area contributed by atoms with Crippen LogP contribution in [-0.2, 0) is 4.79 Å². The monoisotopic (exact) mass is 296 g/mol. The quantitative estimate of drug-likeness (QED) is 0.854. The summed E-state index contributed by atoms with van der Waals surface area (Å²) >= 11 is 5.93. The summed E-state index contributed by atoms with van der Waals surface area (Å²) in [6.07, 6.45) is 0.217. The van der Waals surface area contributed by atoms with Crippen LogP contribution in [0.5, 0.6) is 5.75 Å². The van der Waals surface area contributed by atoms with Crippen molar-refractivity contribution in [2.24, 2.45) is 0 Å². The number of ether oxygens (including phenoxy) is 1. The number of nitrogens with zero attached hydrogens (tertiary/aromatic N) is 2. The molecule has 2 rings (SSSR count). The molecule has 1 aromatic carbocycles. The molecule has 0 aromatic heterocycles. The molecule has 1 aliphatic heterocycles. The van der Waals surface area contributed by atoms with Crippen molar-refractivity contribution in [3.8, 4) is 5.75 Å². The van der Waals surface area contributed by atoms with Crippen LogP contribution in [0.1, 0.15) is 13.3 Å². The van der Waals surface area contributed by atoms with Gasteiger partial charge in [0, 0.05) is 31.2 Å². The average Bonchev–Trinajstić information content (AvgIpc) is 2.45. The highest BCUT2D eigenvalue weighted by Gasteiger charge is 2.26. The highest BCUT2D eigenvalue weighted by Crippen LogP contribution is 2.20. The zero-order chi connectivity index (χ0) is 14.5. The standard InChI is InChI=1S/C15H21ClN2O2/c1-3-14(20-13-6-4-5-12(16)11-13)15(19)18-9-7-17(2)8-10-18/h4-6,11,14H,3,7-10H2,1-2H3/t14-/m1/s1. The Balaban J connectivity index is 1.99. The SMILES string of the molecule is CC[C@@H](Oc1cccc(Cl)c1)C(=O)N1CCN(C)CC1. The van der Waals surface area contributed by atoms with Crippen molar-refractivity contribution in [3.05, 3.63) is 29.3 Å². The summed E-state index contributed by atoms with van der Waals surface area (Å²) < 4.78 is 5.80. The molecule has 4 nitrogen and oxygen atoms in total. The van der Waals surface area contributed by atoms with Gasteiger partial charge in [-0.25, -0.2) is 0 Å². The number of rotatable bonds is 4. The minimum absolute atomic E-state index is 0.0700. The number of likely N-dealkylation sites (N-methyl/N-ethyl adjacent to an activating group) is 1. The van der Waals surface area contributed by atoms with Crippen molar-refractivity contribution in [1.29, 1.82) is 0 Å². The average molecular weight is 297 g/mol. The molecule has 20 heavy (non-hydrogen) atoms. The molecule has 0 radical (unpaired) electrons. The van der Waals surface area contributed by atoms with E-state index in [2.05, 4.69) is 11.9 Å². The summed E-state index contributed by atoms with van der Waals surface area (Å²) in [6, 6.07) is 7.18. The van der Waals surface area contributed by atoms with Crippen LogP contribution in [0.3, 0.4) is 0 Å². The zero-order valence-corrected chi connectivity index (χ0v) is 12.8. The Morgan fingerprint density at radius 2 is 2.05 bits per heavy atom. The molecule has 1 aromatic rings. The van der Waals surface area contributed by atoms with E-state index >= 15 is 0 Å². The van der Waals surface area contributed by atoms with Gasteiger partial charge in [-0.15, -0.1) is 0 Å². The molecule has 0 spiro atoms. The first-order chi connectivity index (χ1) is 9.60. The fraction of sp³-hybridized carbons (Fsp3) is 0.533. The summed E-state index contributed by atoms with van der Waals surface area (Å²) in [7, 11) is 2.07. The van der Waals surface area contributed by atoms with Crippen molar-refractivity contribution in [1.82, 2.24) is 9.80 Å². The normalized spacial score (nSPS) is 17.9. The molecule has 0 aliphatic carbocycles. The second-order valence-electron chi connectivity index (χ2n) is 5.10. The number of piperazine rings is 1. The van der Waals surface area contributed by atoms with E-state index in [-0.39, 0.29) is 5.91 Å². The van der Waals surface area contributed by atoms with Crippen LogP contribution in [0, 0.1) is 0 Å². The van der Waals surface area contributed by atoms with Crippen molar-refractivity contribution >= 4 is 17.5 Å². The van der Waals surface area contributed by atoms with Gasteiger partial charge in [0.25, 0.3) is 5.91 Å². The Hall–Kier alpha value is -1.26. The summed E-state index contributed by atoms with van der Waals surface area (Å²) in [5.74, 6) is 0.715. The number of carbonyl (C=O) groups is 1. The van der Waals surface area contributed by atoms with Crippen molar-refractivity contribution in [2.45, 2.75) is 19.4 Å². The van der Waals surface area contributed by atoms with E-state index in [0.29, 0.717) is 17.2 Å². The van der Waals surface area contributed by atoms with Crippen LogP contribution in [-0.4, -0.2) is 55.0 Å². The maximum absolute atomic E-state index is 12.5. The fourth-order valence-electron chi connectivity index (χ4n) is 2.24. The number of benzene rings is 1. The third-order valence-corrected chi connectivity index (χ3v) is 3.77. The molecule has 0 N–H and O–H groups in total. The second-order valence-corrected chi connectivity index (χ2v) is 5.54. The largest absolute Gasteiger partial charge is 0.481 e. The van der Waals surface area contributed by atoms with Crippen LogP contribution in [0.4, 0.5) is 0 Å². The van der Waals surface area contributed by atoms with Gasteiger partial charge in [0.2, 0.25) is 0 Å². The van der Waals surface area contributed by atoms with Crippen LogP contribution in [0.2, 0.25) is 5.02 Å². The smallest absolute Gasteiger partial charge is 0.263 e. The van der Waals surface area contributed by atoms with Crippen LogP contribution >= 0.6 is 11.6 Å². The van der Waals surface area contributed by atoms with E-state index in [0.717, 1.165) is 26.2 Å². The van der Waals surface area contributed by atoms with Crippen LogP contribution in [0.25, 0.3) is 0 Å². The molecule has 1 heterocycles. The van der Waals surface area contributed by atoms with Crippen molar-refractivity contribution < 1.29 is 9.53 Å². The van der Waals surface area contributed by atoms with Gasteiger partial charge < -0.3 is 14.5 Å². The van der Waals surface area contributed by atoms with Gasteiger partial charge in [0.15, 0.2) is 6.10 Å². The molecular weight excluding hydrogens is 276 g/mol. The van der Waals surface area contributed by atoms with Gasteiger partial charge >= 0.3 is 0 Å². The summed E-state index contributed by atoms with van der Waals surface area (Å²) in [5, 5.41) is 0.615. The first-order valence-corrected chi connectivity index (χ1v) is 7.37. The summed E-state index contributed by atoms with van der Waals surface area (Å²) in [4.78, 5) is 16.6. The third-order valence-electron chi connectivity index (χ3n) is 3.54. The van der Waals surface area contributed by atoms with Gasteiger partial charge in [-0.2, -0.15) is 0 Å². The van der Waals surface area contributed by atoms with Crippen LogP contribution in [0.15, 0.2) is 24.3 Å². The molecule has 1 atom stereocenters. The first kappa shape index (κ1) is 15.1. The first-order valence-electron chi connectivity index (χ1n) is 6.99. The number of amides is 1. The second kappa shape index (κ2) is 6.95. The van der Waals surface area contributed by atoms with E-state index in [1.54, 1.807) is 12.1 Å². The van der Waals surface area contributed by atoms with Gasteiger partial charge in [-0.05, 0) is 31.7 Å². The number of halogens is 1. The number of carbonyl (C=O) groups excluding carboxylic acids is 1. The highest BCUT2D eigenvalue weighted by atomic mass is 35.5. The lowest BCUT2D eigenvalue weighted by Gasteiger charge is -2.34. The molecule has 1 aliphatic rings. The fourth-order valence-corrected chi connectivity index (χ4v) is 2.42. The lowest BCUT2D eigenvalue weighted by Crippen LogP contribution is -2.51. The lowest BCUT2D eigenvalue weighted by atomic mass is 10.2. The molecule has 110 valence electrons. The van der Waals surface area contributed by atoms with Crippen molar-refractivity contribution in [3.63, 3.8) is 0 Å². The molecular formula is C15H21ClN2O2. The van der Waals surface area contributed by atoms with E-state index in [4.69, 9.17) is 16.3 Å². The maximum Gasteiger partial charge on any atom is 0.263 e. The van der Waals surface area contributed by atoms with Gasteiger partial charge in [0.1, 0.15) is 5.75 Å². The van der Waals surface area contributed by atoms with E-state index in [1.165, 1.54) is 0 Å². The molecule has 5 heteroatoms. The predicted molar refractivity (Wildman–Crippen MR) is 80.2 cm³/mol. The number of hydrogen-bond donors (Lipinski definition) is 0. The Morgan fingerprint density at radius 3 is 2.65 bits per heavy atom. The Labute approximate surface area is 125 Å². The Morgan fingerprint density at radius 1 is 1.35 bits per heavy atom. The molecule has 1 fully saturated rings. The summed E-state index contributed by atoms with van der Waals surface area (Å²) in [6.45, 7) is 5.33. The van der Waals surface area contributed by atoms with Gasteiger partial charge in [-0.1, -0.05) is 24.6 Å². The molecule has 1 amide bonds.